The second-order valence-corrected chi connectivity index (χ2v) is 12.9. The van der Waals surface area contributed by atoms with E-state index in [9.17, 15) is 0 Å². The number of aliphatic imine (C=N–C) groups is 1. The molecule has 3 aromatic heterocycles. The Hall–Kier alpha value is -6.78. The second kappa shape index (κ2) is 12.6. The predicted molar refractivity (Wildman–Crippen MR) is 215 cm³/mol. The summed E-state index contributed by atoms with van der Waals surface area (Å²) in [5.74, 6) is 0. The van der Waals surface area contributed by atoms with Crippen LogP contribution < -0.4 is 0 Å². The summed E-state index contributed by atoms with van der Waals surface area (Å²) in [5, 5.41) is 3.54. The molecule has 242 valence electrons. The largest absolute Gasteiger partial charge is 0.313 e. The Balaban J connectivity index is 1.15. The molecule has 0 unspecified atom stereocenters. The third-order valence-electron chi connectivity index (χ3n) is 9.97. The van der Waals surface area contributed by atoms with Crippen LogP contribution >= 0.6 is 0 Å². The van der Waals surface area contributed by atoms with Gasteiger partial charge in [0.05, 0.1) is 22.7 Å². The van der Waals surface area contributed by atoms with Crippen molar-refractivity contribution >= 4 is 45.5 Å². The third kappa shape index (κ3) is 5.25. The van der Waals surface area contributed by atoms with Gasteiger partial charge in [-0.1, -0.05) is 97.1 Å². The summed E-state index contributed by atoms with van der Waals surface area (Å²) in [4.78, 5) is 8.57. The van der Waals surface area contributed by atoms with Crippen molar-refractivity contribution in [3.63, 3.8) is 0 Å². The first-order valence-corrected chi connectivity index (χ1v) is 17.2. The molecular formula is C47H34N4. The fraction of sp³-hybridized carbons (Fsp3) is 0.0213. The first kappa shape index (κ1) is 30.3. The van der Waals surface area contributed by atoms with Gasteiger partial charge in [0.15, 0.2) is 0 Å². The minimum Gasteiger partial charge on any atom is -0.313 e. The van der Waals surface area contributed by atoms with Crippen molar-refractivity contribution < 1.29 is 0 Å². The molecule has 0 fully saturated rings. The molecule has 6 aromatic carbocycles. The molecule has 9 rings (SSSR count). The van der Waals surface area contributed by atoms with Gasteiger partial charge in [-0.3, -0.25) is 9.98 Å². The highest BCUT2D eigenvalue weighted by molar-refractivity contribution is 6.10. The fourth-order valence-electron chi connectivity index (χ4n) is 7.49. The summed E-state index contributed by atoms with van der Waals surface area (Å²) >= 11 is 0. The molecule has 0 aliphatic heterocycles. The van der Waals surface area contributed by atoms with Crippen LogP contribution in [0.4, 0.5) is 0 Å². The van der Waals surface area contributed by atoms with Crippen LogP contribution in [-0.4, -0.2) is 20.8 Å². The molecule has 0 bridgehead atoms. The van der Waals surface area contributed by atoms with Gasteiger partial charge in [-0.25, -0.2) is 0 Å². The lowest BCUT2D eigenvalue weighted by Gasteiger charge is -2.11. The highest BCUT2D eigenvalue weighted by Crippen LogP contribution is 2.38. The summed E-state index contributed by atoms with van der Waals surface area (Å²) in [6.45, 7) is 5.88. The van der Waals surface area contributed by atoms with Crippen LogP contribution in [0.1, 0.15) is 11.3 Å². The first-order chi connectivity index (χ1) is 25.2. The molecular weight excluding hydrogens is 621 g/mol. The number of nitrogens with zero attached hydrogens (tertiary/aromatic N) is 4. The zero-order chi connectivity index (χ0) is 34.3. The van der Waals surface area contributed by atoms with Gasteiger partial charge in [-0.05, 0) is 108 Å². The lowest BCUT2D eigenvalue weighted by Crippen LogP contribution is -1.96. The van der Waals surface area contributed by atoms with Crippen molar-refractivity contribution in [1.29, 1.82) is 0 Å². The normalized spacial score (nSPS) is 11.6. The summed E-state index contributed by atoms with van der Waals surface area (Å²) in [6, 6.07) is 54.3. The number of rotatable bonds is 7. The molecule has 0 atom stereocenters. The summed E-state index contributed by atoms with van der Waals surface area (Å²) in [7, 11) is 0. The van der Waals surface area contributed by atoms with Crippen molar-refractivity contribution in [3.8, 4) is 44.8 Å². The van der Waals surface area contributed by atoms with Gasteiger partial charge >= 0.3 is 0 Å². The van der Waals surface area contributed by atoms with E-state index in [0.29, 0.717) is 0 Å². The monoisotopic (exact) mass is 654 g/mol. The smallest absolute Gasteiger partial charge is 0.0724 e. The number of aromatic nitrogens is 3. The van der Waals surface area contributed by atoms with Crippen molar-refractivity contribution in [1.82, 2.24) is 14.1 Å². The molecule has 4 heteroatoms. The van der Waals surface area contributed by atoms with Gasteiger partial charge in [0.2, 0.25) is 0 Å². The molecule has 0 saturated heterocycles. The number of benzene rings is 6. The van der Waals surface area contributed by atoms with Gasteiger partial charge in [0, 0.05) is 51.2 Å². The minimum absolute atomic E-state index is 1.09. The van der Waals surface area contributed by atoms with Gasteiger partial charge in [0.25, 0.3) is 0 Å². The molecule has 0 aliphatic rings. The Kier molecular flexibility index (Phi) is 7.48. The van der Waals surface area contributed by atoms with Gasteiger partial charge < -0.3 is 9.13 Å². The van der Waals surface area contributed by atoms with E-state index in [1.54, 1.807) is 6.20 Å². The summed E-state index contributed by atoms with van der Waals surface area (Å²) < 4.78 is 4.65. The lowest BCUT2D eigenvalue weighted by atomic mass is 10.00. The third-order valence-corrected chi connectivity index (χ3v) is 9.97. The van der Waals surface area contributed by atoms with Gasteiger partial charge in [0.1, 0.15) is 0 Å². The highest BCUT2D eigenvalue weighted by atomic mass is 15.0. The van der Waals surface area contributed by atoms with Crippen molar-refractivity contribution in [2.24, 2.45) is 4.99 Å². The van der Waals surface area contributed by atoms with Crippen LogP contribution in [0.5, 0.6) is 0 Å². The quantitative estimate of drug-likeness (QED) is 0.158. The van der Waals surface area contributed by atoms with Crippen LogP contribution in [0.25, 0.3) is 83.5 Å². The number of hydrogen-bond donors (Lipinski definition) is 0. The topological polar surface area (TPSA) is 35.1 Å². The zero-order valence-corrected chi connectivity index (χ0v) is 28.2. The molecule has 4 nitrogen and oxygen atoms in total. The van der Waals surface area contributed by atoms with E-state index in [-0.39, 0.29) is 0 Å². The Morgan fingerprint density at radius 2 is 1.02 bits per heavy atom. The Morgan fingerprint density at radius 1 is 0.510 bits per heavy atom. The number of fused-ring (bicyclic) bond motifs is 4. The average Bonchev–Trinajstić information content (AvgIpc) is 3.68. The number of hydrogen-bond acceptors (Lipinski definition) is 2. The SMILES string of the molecule is C=N/C=C\c1c(C)n(-c2ccc(-c3ccccc3)cc2)c2ccc(-c3ccc4c(c3)c3ccncc3n4-c3ccc(-c4ccccc4)cc3)cc12. The predicted octanol–water partition coefficient (Wildman–Crippen LogP) is 12.1. The highest BCUT2D eigenvalue weighted by Gasteiger charge is 2.17. The van der Waals surface area contributed by atoms with Gasteiger partial charge in [-0.15, -0.1) is 0 Å². The van der Waals surface area contributed by atoms with E-state index in [0.717, 1.165) is 50.3 Å². The molecule has 51 heavy (non-hydrogen) atoms. The van der Waals surface area contributed by atoms with Crippen LogP contribution in [0, 0.1) is 6.92 Å². The Bertz CT molecular complexity index is 2730. The van der Waals surface area contributed by atoms with Crippen LogP contribution in [0.2, 0.25) is 0 Å². The average molecular weight is 655 g/mol. The van der Waals surface area contributed by atoms with E-state index in [1.807, 2.05) is 12.4 Å². The van der Waals surface area contributed by atoms with E-state index >= 15 is 0 Å². The minimum atomic E-state index is 1.09. The second-order valence-electron chi connectivity index (χ2n) is 12.9. The Labute approximate surface area is 296 Å². The van der Waals surface area contributed by atoms with Crippen molar-refractivity contribution in [2.75, 3.05) is 0 Å². The lowest BCUT2D eigenvalue weighted by molar-refractivity contribution is 1.05. The maximum absolute atomic E-state index is 4.52. The molecule has 0 aliphatic carbocycles. The maximum Gasteiger partial charge on any atom is 0.0724 e. The summed E-state index contributed by atoms with van der Waals surface area (Å²) in [5.41, 5.74) is 15.0. The molecule has 0 spiro atoms. The molecule has 0 N–H and O–H groups in total. The summed E-state index contributed by atoms with van der Waals surface area (Å²) in [6.07, 6.45) is 7.69. The molecule has 3 heterocycles. The fourth-order valence-corrected chi connectivity index (χ4v) is 7.49. The van der Waals surface area contributed by atoms with Crippen LogP contribution in [0.3, 0.4) is 0 Å². The van der Waals surface area contributed by atoms with Crippen molar-refractivity contribution in [3.05, 3.63) is 182 Å². The van der Waals surface area contributed by atoms with E-state index in [1.165, 1.54) is 38.4 Å². The van der Waals surface area contributed by atoms with E-state index < -0.39 is 0 Å². The number of pyridine rings is 1. The first-order valence-electron chi connectivity index (χ1n) is 17.2. The van der Waals surface area contributed by atoms with Crippen molar-refractivity contribution in [2.45, 2.75) is 6.92 Å². The molecule has 0 saturated carbocycles. The molecule has 0 amide bonds. The van der Waals surface area contributed by atoms with Gasteiger partial charge in [-0.2, -0.15) is 0 Å². The standard InChI is InChI=1S/C47H34N4/c1-32-41(25-27-48-2)43-29-37(17-23-45(43)50(32)39-19-13-35(14-20-39)33-9-5-3-6-10-33)38-18-24-46-44(30-38)42-26-28-49-31-47(42)51(46)40-21-15-36(16-22-40)34-11-7-4-8-12-34/h3-31H,2H2,1H3/b27-25-. The Morgan fingerprint density at radius 3 is 1.61 bits per heavy atom. The molecule has 9 aromatic rings. The van der Waals surface area contributed by atoms with E-state index in [4.69, 9.17) is 0 Å². The van der Waals surface area contributed by atoms with E-state index in [2.05, 4.69) is 190 Å². The maximum atomic E-state index is 4.52. The van der Waals surface area contributed by atoms with Crippen LogP contribution in [-0.2, 0) is 0 Å². The molecule has 0 radical (unpaired) electrons. The zero-order valence-electron chi connectivity index (χ0n) is 28.2. The van der Waals surface area contributed by atoms with Crippen LogP contribution in [0.15, 0.2) is 175 Å².